The van der Waals surface area contributed by atoms with Crippen molar-refractivity contribution in [1.82, 2.24) is 10.3 Å². The van der Waals surface area contributed by atoms with E-state index in [1.54, 1.807) is 12.3 Å². The van der Waals surface area contributed by atoms with Gasteiger partial charge in [-0.15, -0.1) is 12.8 Å². The third kappa shape index (κ3) is 6.86. The molecule has 4 heteroatoms. The number of carbonyl (C=O) groups excluding carboxylic acids is 1. The molecular weight excluding hydrogens is 224 g/mol. The Morgan fingerprint density at radius 3 is 2.38 bits per heavy atom. The van der Waals surface area contributed by atoms with Crippen LogP contribution in [0.2, 0.25) is 5.15 Å². The molecule has 1 N–H and O–H groups in total. The lowest BCUT2D eigenvalue weighted by atomic mass is 10.3. The van der Waals surface area contributed by atoms with Gasteiger partial charge in [-0.2, -0.15) is 0 Å². The lowest BCUT2D eigenvalue weighted by Crippen LogP contribution is -2.12. The maximum atomic E-state index is 10.1. The first kappa shape index (κ1) is 14.5. The average molecular weight is 239 g/mol. The van der Waals surface area contributed by atoms with Crippen LogP contribution in [-0.2, 0) is 4.79 Å². The molecule has 3 nitrogen and oxygen atoms in total. The maximum Gasteiger partial charge on any atom is 0.220 e. The van der Waals surface area contributed by atoms with Crippen LogP contribution in [0.3, 0.4) is 0 Å². The normalized spacial score (nSPS) is 12.6. The van der Waals surface area contributed by atoms with Gasteiger partial charge in [0.2, 0.25) is 5.91 Å². The molecule has 1 aliphatic rings. The van der Waals surface area contributed by atoms with Crippen molar-refractivity contribution in [1.29, 1.82) is 0 Å². The summed E-state index contributed by atoms with van der Waals surface area (Å²) in [6, 6.07) is 3.70. The Labute approximate surface area is 101 Å². The molecular formula is C12H15ClN2O. The quantitative estimate of drug-likeness (QED) is 0.556. The van der Waals surface area contributed by atoms with E-state index in [9.17, 15) is 4.79 Å². The molecule has 0 spiro atoms. The van der Waals surface area contributed by atoms with Crippen LogP contribution in [0.1, 0.15) is 18.4 Å². The number of rotatable bonds is 0. The van der Waals surface area contributed by atoms with Crippen LogP contribution in [0.15, 0.2) is 18.3 Å². The van der Waals surface area contributed by atoms with E-state index >= 15 is 0 Å². The molecule has 0 atom stereocenters. The van der Waals surface area contributed by atoms with Gasteiger partial charge in [-0.05, 0) is 25.0 Å². The van der Waals surface area contributed by atoms with Crippen LogP contribution in [0.4, 0.5) is 0 Å². The largest absolute Gasteiger partial charge is 0.356 e. The molecule has 0 saturated carbocycles. The van der Waals surface area contributed by atoms with Crippen LogP contribution in [0, 0.1) is 19.8 Å². The molecule has 0 radical (unpaired) electrons. The van der Waals surface area contributed by atoms with E-state index in [1.165, 1.54) is 0 Å². The highest BCUT2D eigenvalue weighted by atomic mass is 35.5. The number of nitrogens with one attached hydrogen (secondary N) is 1. The molecule has 86 valence electrons. The van der Waals surface area contributed by atoms with Crippen molar-refractivity contribution in [3.05, 3.63) is 29.0 Å². The number of amides is 1. The minimum atomic E-state index is 0.204. The summed E-state index contributed by atoms with van der Waals surface area (Å²) in [6.07, 6.45) is 11.5. The SMILES string of the molecule is C#C.Cc1ccc(Cl)nc1.O=C1CCCN1. The van der Waals surface area contributed by atoms with Crippen molar-refractivity contribution >= 4 is 17.5 Å². The van der Waals surface area contributed by atoms with Gasteiger partial charge in [0, 0.05) is 19.2 Å². The van der Waals surface area contributed by atoms with Gasteiger partial charge in [0.15, 0.2) is 0 Å². The summed E-state index contributed by atoms with van der Waals surface area (Å²) >= 11 is 5.50. The van der Waals surface area contributed by atoms with Crippen molar-refractivity contribution in [2.75, 3.05) is 6.54 Å². The fourth-order valence-electron chi connectivity index (χ4n) is 1.01. The van der Waals surface area contributed by atoms with E-state index in [4.69, 9.17) is 11.6 Å². The lowest BCUT2D eigenvalue weighted by molar-refractivity contribution is -0.119. The number of aromatic nitrogens is 1. The Kier molecular flexibility index (Phi) is 7.92. The second-order valence-electron chi connectivity index (χ2n) is 3.11. The molecule has 0 aliphatic carbocycles. The number of carbonyl (C=O) groups is 1. The van der Waals surface area contributed by atoms with Gasteiger partial charge < -0.3 is 5.32 Å². The first-order valence-electron chi connectivity index (χ1n) is 4.86. The monoisotopic (exact) mass is 238 g/mol. The summed E-state index contributed by atoms with van der Waals surface area (Å²) in [6.45, 7) is 2.86. The predicted molar refractivity (Wildman–Crippen MR) is 66.1 cm³/mol. The van der Waals surface area contributed by atoms with Crippen molar-refractivity contribution in [3.8, 4) is 12.8 Å². The summed E-state index contributed by atoms with van der Waals surface area (Å²) in [4.78, 5) is 14.0. The van der Waals surface area contributed by atoms with Gasteiger partial charge in [0.1, 0.15) is 5.15 Å². The van der Waals surface area contributed by atoms with Crippen LogP contribution < -0.4 is 5.32 Å². The third-order valence-corrected chi connectivity index (χ3v) is 2.00. The number of hydrogen-bond acceptors (Lipinski definition) is 2. The van der Waals surface area contributed by atoms with E-state index < -0.39 is 0 Å². The maximum absolute atomic E-state index is 10.1. The first-order chi connectivity index (χ1) is 7.68. The molecule has 1 saturated heterocycles. The second-order valence-corrected chi connectivity index (χ2v) is 3.50. The first-order valence-corrected chi connectivity index (χ1v) is 5.24. The highest BCUT2D eigenvalue weighted by Gasteiger charge is 2.05. The summed E-state index contributed by atoms with van der Waals surface area (Å²) < 4.78 is 0. The average Bonchev–Trinajstić information content (AvgIpc) is 2.77. The molecule has 1 aromatic heterocycles. The van der Waals surface area contributed by atoms with Gasteiger partial charge in [0.05, 0.1) is 0 Å². The summed E-state index contributed by atoms with van der Waals surface area (Å²) in [5.74, 6) is 0.204. The fourth-order valence-corrected chi connectivity index (χ4v) is 1.13. The molecule has 16 heavy (non-hydrogen) atoms. The van der Waals surface area contributed by atoms with Crippen LogP contribution in [0.5, 0.6) is 0 Å². The molecule has 1 aliphatic heterocycles. The molecule has 0 bridgehead atoms. The number of halogens is 1. The number of terminal acetylenes is 1. The minimum absolute atomic E-state index is 0.204. The highest BCUT2D eigenvalue weighted by Crippen LogP contribution is 2.02. The van der Waals surface area contributed by atoms with E-state index in [0.29, 0.717) is 5.15 Å². The van der Waals surface area contributed by atoms with Crippen LogP contribution in [-0.4, -0.2) is 17.4 Å². The molecule has 1 amide bonds. The summed E-state index contributed by atoms with van der Waals surface area (Å²) in [7, 11) is 0. The van der Waals surface area contributed by atoms with Crippen molar-refractivity contribution in [2.45, 2.75) is 19.8 Å². The summed E-state index contributed by atoms with van der Waals surface area (Å²) in [5, 5.41) is 3.23. The Balaban J connectivity index is 0.000000251. The lowest BCUT2D eigenvalue weighted by Gasteiger charge is -1.87. The molecule has 0 unspecified atom stereocenters. The van der Waals surface area contributed by atoms with Crippen molar-refractivity contribution < 1.29 is 4.79 Å². The zero-order valence-electron chi connectivity index (χ0n) is 9.24. The highest BCUT2D eigenvalue weighted by molar-refractivity contribution is 6.29. The van der Waals surface area contributed by atoms with E-state index in [2.05, 4.69) is 23.1 Å². The smallest absolute Gasteiger partial charge is 0.220 e. The topological polar surface area (TPSA) is 42.0 Å². The van der Waals surface area contributed by atoms with Gasteiger partial charge in [0.25, 0.3) is 0 Å². The molecule has 2 heterocycles. The van der Waals surface area contributed by atoms with Crippen LogP contribution in [0.25, 0.3) is 0 Å². The number of pyridine rings is 1. The molecule has 0 aromatic carbocycles. The molecule has 1 aromatic rings. The number of hydrogen-bond donors (Lipinski definition) is 1. The standard InChI is InChI=1S/C6H6ClN.C4H7NO.C2H2/c1-5-2-3-6(7)8-4-5;6-4-2-1-3-5-4;1-2/h2-4H,1H3;1-3H2,(H,5,6);1-2H. The Bertz CT molecular complexity index is 304. The van der Waals surface area contributed by atoms with E-state index in [0.717, 1.165) is 24.9 Å². The van der Waals surface area contributed by atoms with Gasteiger partial charge in [-0.3, -0.25) is 4.79 Å². The second kappa shape index (κ2) is 8.75. The van der Waals surface area contributed by atoms with Gasteiger partial charge in [-0.25, -0.2) is 4.98 Å². The van der Waals surface area contributed by atoms with Gasteiger partial charge >= 0.3 is 0 Å². The van der Waals surface area contributed by atoms with Gasteiger partial charge in [-0.1, -0.05) is 17.7 Å². The summed E-state index contributed by atoms with van der Waals surface area (Å²) in [5.41, 5.74) is 1.13. The molecule has 1 fully saturated rings. The minimum Gasteiger partial charge on any atom is -0.356 e. The van der Waals surface area contributed by atoms with Crippen molar-refractivity contribution in [3.63, 3.8) is 0 Å². The Hall–Kier alpha value is -1.53. The number of aryl methyl sites for hydroxylation is 1. The van der Waals surface area contributed by atoms with Crippen molar-refractivity contribution in [2.24, 2.45) is 0 Å². The van der Waals surface area contributed by atoms with E-state index in [1.807, 2.05) is 13.0 Å². The fraction of sp³-hybridized carbons (Fsp3) is 0.333. The third-order valence-electron chi connectivity index (χ3n) is 1.78. The predicted octanol–water partition coefficient (Wildman–Crippen LogP) is 2.19. The number of nitrogens with zero attached hydrogens (tertiary/aromatic N) is 1. The Morgan fingerprint density at radius 1 is 1.44 bits per heavy atom. The van der Waals surface area contributed by atoms with E-state index in [-0.39, 0.29) is 5.91 Å². The Morgan fingerprint density at radius 2 is 2.12 bits per heavy atom. The van der Waals surface area contributed by atoms with Crippen LogP contribution >= 0.6 is 11.6 Å². The zero-order valence-corrected chi connectivity index (χ0v) is 10.00. The molecule has 2 rings (SSSR count). The zero-order chi connectivity index (χ0) is 12.4.